The Bertz CT molecular complexity index is 730. The average molecular weight is 331 g/mol. The summed E-state index contributed by atoms with van der Waals surface area (Å²) in [5.41, 5.74) is 2.64. The van der Waals surface area contributed by atoms with Crippen molar-refractivity contribution < 1.29 is 14.5 Å². The fourth-order valence-electron chi connectivity index (χ4n) is 2.11. The Morgan fingerprint density at radius 1 is 1.22 bits per heavy atom. The van der Waals surface area contributed by atoms with Gasteiger partial charge in [-0.25, -0.2) is 0 Å². The number of carbonyl (C=O) groups is 1. The average Bonchev–Trinajstić information content (AvgIpc) is 2.52. The Hall–Kier alpha value is -2.34. The lowest BCUT2D eigenvalue weighted by Crippen LogP contribution is -2.08. The SMILES string of the molecule is Cc1ccc(SCC(=O)OCc2ccccc2[N+](=O)[O-])c(C)c1. The molecule has 2 aromatic rings. The van der Waals surface area contributed by atoms with Gasteiger partial charge in [0.1, 0.15) is 6.61 Å². The van der Waals surface area contributed by atoms with Gasteiger partial charge >= 0.3 is 5.97 Å². The van der Waals surface area contributed by atoms with Gasteiger partial charge in [0.05, 0.1) is 16.2 Å². The van der Waals surface area contributed by atoms with Crippen LogP contribution >= 0.6 is 11.8 Å². The zero-order valence-corrected chi connectivity index (χ0v) is 13.8. The monoisotopic (exact) mass is 331 g/mol. The van der Waals surface area contributed by atoms with Gasteiger partial charge in [-0.3, -0.25) is 14.9 Å². The highest BCUT2D eigenvalue weighted by Crippen LogP contribution is 2.24. The van der Waals surface area contributed by atoms with Gasteiger partial charge in [0.2, 0.25) is 0 Å². The highest BCUT2D eigenvalue weighted by molar-refractivity contribution is 8.00. The summed E-state index contributed by atoms with van der Waals surface area (Å²) in [5.74, 6) is -0.224. The summed E-state index contributed by atoms with van der Waals surface area (Å²) in [7, 11) is 0. The molecule has 0 aliphatic heterocycles. The summed E-state index contributed by atoms with van der Waals surface area (Å²) >= 11 is 1.40. The summed E-state index contributed by atoms with van der Waals surface area (Å²) in [6.07, 6.45) is 0. The van der Waals surface area contributed by atoms with Crippen LogP contribution in [0.1, 0.15) is 16.7 Å². The summed E-state index contributed by atoms with van der Waals surface area (Å²) < 4.78 is 5.14. The Morgan fingerprint density at radius 2 is 1.96 bits per heavy atom. The van der Waals surface area contributed by atoms with E-state index in [-0.39, 0.29) is 18.0 Å². The molecule has 2 aromatic carbocycles. The molecule has 0 amide bonds. The first-order chi connectivity index (χ1) is 11.0. The third-order valence-corrected chi connectivity index (χ3v) is 4.40. The topological polar surface area (TPSA) is 69.4 Å². The second-order valence-electron chi connectivity index (χ2n) is 5.10. The molecule has 0 aliphatic rings. The number of benzene rings is 2. The molecule has 0 atom stereocenters. The molecule has 0 saturated heterocycles. The fourth-order valence-corrected chi connectivity index (χ4v) is 2.92. The van der Waals surface area contributed by atoms with Crippen LogP contribution < -0.4 is 0 Å². The van der Waals surface area contributed by atoms with Gasteiger partial charge in [0.25, 0.3) is 5.69 Å². The molecular formula is C17H17NO4S. The van der Waals surface area contributed by atoms with E-state index in [0.29, 0.717) is 5.56 Å². The van der Waals surface area contributed by atoms with Crippen LogP contribution in [0.5, 0.6) is 0 Å². The number of nitro benzene ring substituents is 1. The van der Waals surface area contributed by atoms with E-state index >= 15 is 0 Å². The van der Waals surface area contributed by atoms with Crippen LogP contribution in [0.3, 0.4) is 0 Å². The number of thioether (sulfide) groups is 1. The van der Waals surface area contributed by atoms with Gasteiger partial charge in [-0.2, -0.15) is 0 Å². The number of nitro groups is 1. The van der Waals surface area contributed by atoms with Gasteiger partial charge < -0.3 is 4.74 Å². The van der Waals surface area contributed by atoms with Crippen molar-refractivity contribution >= 4 is 23.4 Å². The van der Waals surface area contributed by atoms with Crippen LogP contribution in [0.2, 0.25) is 0 Å². The normalized spacial score (nSPS) is 10.3. The van der Waals surface area contributed by atoms with Gasteiger partial charge in [-0.1, -0.05) is 29.8 Å². The molecule has 6 heteroatoms. The Kier molecular flexibility index (Phi) is 5.76. The molecule has 0 aromatic heterocycles. The number of esters is 1. The number of hydrogen-bond acceptors (Lipinski definition) is 5. The van der Waals surface area contributed by atoms with Crippen molar-refractivity contribution in [3.63, 3.8) is 0 Å². The number of para-hydroxylation sites is 1. The molecule has 120 valence electrons. The lowest BCUT2D eigenvalue weighted by Gasteiger charge is -2.07. The molecule has 23 heavy (non-hydrogen) atoms. The first-order valence-electron chi connectivity index (χ1n) is 7.05. The molecular weight excluding hydrogens is 314 g/mol. The summed E-state index contributed by atoms with van der Waals surface area (Å²) in [5, 5.41) is 10.9. The van der Waals surface area contributed by atoms with Crippen molar-refractivity contribution in [2.45, 2.75) is 25.3 Å². The fraction of sp³-hybridized carbons (Fsp3) is 0.235. The molecule has 0 N–H and O–H groups in total. The summed E-state index contributed by atoms with van der Waals surface area (Å²) in [4.78, 5) is 23.3. The van der Waals surface area contributed by atoms with Crippen molar-refractivity contribution in [3.8, 4) is 0 Å². The van der Waals surface area contributed by atoms with Crippen molar-refractivity contribution in [1.82, 2.24) is 0 Å². The second kappa shape index (κ2) is 7.78. The molecule has 2 rings (SSSR count). The van der Waals surface area contributed by atoms with E-state index in [4.69, 9.17) is 4.74 Å². The number of hydrogen-bond donors (Lipinski definition) is 0. The lowest BCUT2D eigenvalue weighted by molar-refractivity contribution is -0.385. The highest BCUT2D eigenvalue weighted by Gasteiger charge is 2.14. The summed E-state index contributed by atoms with van der Waals surface area (Å²) in [6, 6.07) is 12.3. The van der Waals surface area contributed by atoms with Crippen LogP contribution in [0.25, 0.3) is 0 Å². The Labute approximate surface area is 138 Å². The Balaban J connectivity index is 1.90. The predicted octanol–water partition coefficient (Wildman–Crippen LogP) is 4.05. The van der Waals surface area contributed by atoms with E-state index in [1.54, 1.807) is 18.2 Å². The molecule has 0 bridgehead atoms. The van der Waals surface area contributed by atoms with Crippen molar-refractivity contribution in [3.05, 3.63) is 69.3 Å². The van der Waals surface area contributed by atoms with E-state index in [2.05, 4.69) is 6.07 Å². The number of nitrogens with zero attached hydrogens (tertiary/aromatic N) is 1. The molecule has 0 radical (unpaired) electrons. The second-order valence-corrected chi connectivity index (χ2v) is 6.12. The number of carbonyl (C=O) groups excluding carboxylic acids is 1. The van der Waals surface area contributed by atoms with Gasteiger partial charge in [0.15, 0.2) is 0 Å². The van der Waals surface area contributed by atoms with E-state index in [9.17, 15) is 14.9 Å². The maximum absolute atomic E-state index is 11.8. The molecule has 0 unspecified atom stereocenters. The molecule has 0 heterocycles. The molecule has 0 aliphatic carbocycles. The van der Waals surface area contributed by atoms with Crippen LogP contribution in [0, 0.1) is 24.0 Å². The lowest BCUT2D eigenvalue weighted by atomic mass is 10.2. The van der Waals surface area contributed by atoms with Gasteiger partial charge in [-0.05, 0) is 31.5 Å². The first-order valence-corrected chi connectivity index (χ1v) is 8.04. The van der Waals surface area contributed by atoms with Crippen LogP contribution in [0.15, 0.2) is 47.4 Å². The predicted molar refractivity (Wildman–Crippen MR) is 89.5 cm³/mol. The maximum atomic E-state index is 11.8. The minimum atomic E-state index is -0.479. The zero-order valence-electron chi connectivity index (χ0n) is 12.9. The van der Waals surface area contributed by atoms with Gasteiger partial charge in [-0.15, -0.1) is 11.8 Å². The van der Waals surface area contributed by atoms with E-state index < -0.39 is 10.9 Å². The smallest absolute Gasteiger partial charge is 0.316 e. The zero-order chi connectivity index (χ0) is 16.8. The third-order valence-electron chi connectivity index (χ3n) is 3.25. The molecule has 0 fully saturated rings. The van der Waals surface area contributed by atoms with Crippen molar-refractivity contribution in [2.24, 2.45) is 0 Å². The quantitative estimate of drug-likeness (QED) is 0.346. The van der Waals surface area contributed by atoms with E-state index in [1.165, 1.54) is 23.4 Å². The first kappa shape index (κ1) is 17.0. The molecule has 0 saturated carbocycles. The summed E-state index contributed by atoms with van der Waals surface area (Å²) in [6.45, 7) is 3.92. The van der Waals surface area contributed by atoms with Crippen LogP contribution in [-0.2, 0) is 16.1 Å². The third kappa shape index (κ3) is 4.82. The molecule has 5 nitrogen and oxygen atoms in total. The number of ether oxygens (including phenoxy) is 1. The minimum Gasteiger partial charge on any atom is -0.460 e. The van der Waals surface area contributed by atoms with Crippen LogP contribution in [-0.4, -0.2) is 16.6 Å². The standard InChI is InChI=1S/C17H17NO4S/c1-12-7-8-16(13(2)9-12)23-11-17(19)22-10-14-5-3-4-6-15(14)18(20)21/h3-9H,10-11H2,1-2H3. The number of rotatable bonds is 6. The van der Waals surface area contributed by atoms with Gasteiger partial charge in [0, 0.05) is 11.0 Å². The maximum Gasteiger partial charge on any atom is 0.316 e. The molecule has 0 spiro atoms. The largest absolute Gasteiger partial charge is 0.460 e. The number of aryl methyl sites for hydroxylation is 2. The van der Waals surface area contributed by atoms with Crippen molar-refractivity contribution in [1.29, 1.82) is 0 Å². The highest BCUT2D eigenvalue weighted by atomic mass is 32.2. The van der Waals surface area contributed by atoms with Crippen molar-refractivity contribution in [2.75, 3.05) is 5.75 Å². The van der Waals surface area contributed by atoms with Crippen LogP contribution in [0.4, 0.5) is 5.69 Å². The van der Waals surface area contributed by atoms with E-state index in [0.717, 1.165) is 10.5 Å². The Morgan fingerprint density at radius 3 is 2.65 bits per heavy atom. The van der Waals surface area contributed by atoms with E-state index in [1.807, 2.05) is 26.0 Å². The minimum absolute atomic E-state index is 0.0395.